The molecule has 116 valence electrons. The van der Waals surface area contributed by atoms with Crippen molar-refractivity contribution in [3.8, 4) is 0 Å². The second-order valence-electron chi connectivity index (χ2n) is 5.05. The summed E-state index contributed by atoms with van der Waals surface area (Å²) in [5.41, 5.74) is 1.71. The molecule has 0 saturated carbocycles. The van der Waals surface area contributed by atoms with Crippen molar-refractivity contribution >= 4 is 33.6 Å². The van der Waals surface area contributed by atoms with Crippen LogP contribution in [-0.2, 0) is 15.0 Å². The van der Waals surface area contributed by atoms with Crippen LogP contribution in [0.2, 0.25) is 0 Å². The van der Waals surface area contributed by atoms with Gasteiger partial charge >= 0.3 is 0 Å². The molecule has 1 amide bonds. The summed E-state index contributed by atoms with van der Waals surface area (Å²) in [4.78, 5) is 12.4. The number of thioether (sulfide) groups is 1. The number of carbonyl (C=O) groups is 1. The van der Waals surface area contributed by atoms with Crippen LogP contribution in [0.1, 0.15) is 5.56 Å². The van der Waals surface area contributed by atoms with Gasteiger partial charge in [0, 0.05) is 25.5 Å². The first-order valence-corrected chi connectivity index (χ1v) is 9.02. The third-order valence-corrected chi connectivity index (χ3v) is 6.26. The first-order valence-electron chi connectivity index (χ1n) is 6.47. The summed E-state index contributed by atoms with van der Waals surface area (Å²) in [5.74, 6) is 0.466. The van der Waals surface area contributed by atoms with E-state index in [1.807, 2.05) is 25.1 Å². The molecule has 1 N–H and O–H groups in total. The lowest BCUT2D eigenvalue weighted by Gasteiger charge is -2.25. The number of nitrogens with one attached hydrogen (secondary N) is 1. The monoisotopic (exact) mass is 329 g/mol. The second-order valence-corrected chi connectivity index (χ2v) is 8.15. The van der Waals surface area contributed by atoms with Gasteiger partial charge in [-0.1, -0.05) is 12.1 Å². The predicted molar refractivity (Wildman–Crippen MR) is 85.4 cm³/mol. The third kappa shape index (κ3) is 3.57. The zero-order chi connectivity index (χ0) is 15.6. The SMILES string of the molecule is Cc1cccc(NC(=O)C2CSCN2S(=O)(=O)N(C)C)c1. The number of benzene rings is 1. The van der Waals surface area contributed by atoms with E-state index in [9.17, 15) is 13.2 Å². The lowest BCUT2D eigenvalue weighted by molar-refractivity contribution is -0.118. The highest BCUT2D eigenvalue weighted by molar-refractivity contribution is 8.00. The largest absolute Gasteiger partial charge is 0.325 e. The Labute approximate surface area is 129 Å². The molecule has 1 saturated heterocycles. The van der Waals surface area contributed by atoms with E-state index in [0.29, 0.717) is 17.3 Å². The van der Waals surface area contributed by atoms with Crippen LogP contribution >= 0.6 is 11.8 Å². The van der Waals surface area contributed by atoms with Crippen molar-refractivity contribution in [3.63, 3.8) is 0 Å². The summed E-state index contributed by atoms with van der Waals surface area (Å²) in [6.07, 6.45) is 0. The molecular weight excluding hydrogens is 310 g/mol. The van der Waals surface area contributed by atoms with Crippen LogP contribution in [0.15, 0.2) is 24.3 Å². The van der Waals surface area contributed by atoms with Gasteiger partial charge in [0.2, 0.25) is 5.91 Å². The highest BCUT2D eigenvalue weighted by atomic mass is 32.2. The molecule has 1 aliphatic heterocycles. The van der Waals surface area contributed by atoms with Gasteiger partial charge in [0.05, 0.1) is 5.88 Å². The van der Waals surface area contributed by atoms with E-state index in [0.717, 1.165) is 9.87 Å². The Balaban J connectivity index is 2.15. The second kappa shape index (κ2) is 6.35. The van der Waals surface area contributed by atoms with Crippen molar-refractivity contribution in [2.45, 2.75) is 13.0 Å². The average Bonchev–Trinajstić information content (AvgIpc) is 2.88. The van der Waals surface area contributed by atoms with Crippen LogP contribution in [0.25, 0.3) is 0 Å². The number of anilines is 1. The molecule has 0 spiro atoms. The summed E-state index contributed by atoms with van der Waals surface area (Å²) >= 11 is 1.44. The Bertz CT molecular complexity index is 631. The van der Waals surface area contributed by atoms with E-state index in [1.54, 1.807) is 6.07 Å². The molecule has 0 radical (unpaired) electrons. The van der Waals surface area contributed by atoms with Crippen molar-refractivity contribution in [2.75, 3.05) is 31.0 Å². The van der Waals surface area contributed by atoms with E-state index < -0.39 is 16.3 Å². The van der Waals surface area contributed by atoms with Crippen molar-refractivity contribution in [1.29, 1.82) is 0 Å². The van der Waals surface area contributed by atoms with Crippen molar-refractivity contribution < 1.29 is 13.2 Å². The van der Waals surface area contributed by atoms with Crippen molar-refractivity contribution in [2.24, 2.45) is 0 Å². The maximum Gasteiger partial charge on any atom is 0.282 e. The third-order valence-electron chi connectivity index (χ3n) is 3.19. The first kappa shape index (κ1) is 16.3. The fourth-order valence-electron chi connectivity index (χ4n) is 2.02. The number of hydrogen-bond donors (Lipinski definition) is 1. The highest BCUT2D eigenvalue weighted by Gasteiger charge is 2.40. The van der Waals surface area contributed by atoms with Gasteiger partial charge in [-0.05, 0) is 24.6 Å². The van der Waals surface area contributed by atoms with Crippen LogP contribution in [0, 0.1) is 6.92 Å². The zero-order valence-electron chi connectivity index (χ0n) is 12.2. The molecule has 1 fully saturated rings. The first-order chi connectivity index (χ1) is 9.82. The molecule has 1 unspecified atom stereocenters. The molecule has 0 aromatic heterocycles. The van der Waals surface area contributed by atoms with Crippen LogP contribution in [-0.4, -0.2) is 54.7 Å². The number of amides is 1. The zero-order valence-corrected chi connectivity index (χ0v) is 13.9. The Kier molecular flexibility index (Phi) is 4.92. The molecule has 0 bridgehead atoms. The van der Waals surface area contributed by atoms with E-state index in [1.165, 1.54) is 30.2 Å². The van der Waals surface area contributed by atoms with E-state index in [-0.39, 0.29) is 5.91 Å². The lowest BCUT2D eigenvalue weighted by atomic mass is 10.2. The average molecular weight is 329 g/mol. The molecule has 1 aromatic rings. The van der Waals surface area contributed by atoms with Gasteiger partial charge in [0.15, 0.2) is 0 Å². The Hall–Kier alpha value is -1.09. The summed E-state index contributed by atoms with van der Waals surface area (Å²) in [6.45, 7) is 1.93. The van der Waals surface area contributed by atoms with Gasteiger partial charge in [0.1, 0.15) is 6.04 Å². The van der Waals surface area contributed by atoms with Crippen molar-refractivity contribution in [3.05, 3.63) is 29.8 Å². The van der Waals surface area contributed by atoms with E-state index in [2.05, 4.69) is 5.32 Å². The van der Waals surface area contributed by atoms with Crippen molar-refractivity contribution in [1.82, 2.24) is 8.61 Å². The minimum atomic E-state index is -3.59. The van der Waals surface area contributed by atoms with E-state index >= 15 is 0 Å². The van der Waals surface area contributed by atoms with Crippen LogP contribution in [0.5, 0.6) is 0 Å². The van der Waals surface area contributed by atoms with Gasteiger partial charge in [-0.2, -0.15) is 17.0 Å². The summed E-state index contributed by atoms with van der Waals surface area (Å²) in [7, 11) is -0.654. The molecule has 6 nitrogen and oxygen atoms in total. The number of hydrogen-bond acceptors (Lipinski definition) is 4. The molecular formula is C13H19N3O3S2. The highest BCUT2D eigenvalue weighted by Crippen LogP contribution is 2.26. The molecule has 1 heterocycles. The number of aryl methyl sites for hydroxylation is 1. The van der Waals surface area contributed by atoms with Gasteiger partial charge in [-0.25, -0.2) is 0 Å². The fourth-order valence-corrected chi connectivity index (χ4v) is 4.80. The Morgan fingerprint density at radius 2 is 2.14 bits per heavy atom. The van der Waals surface area contributed by atoms with Gasteiger partial charge in [-0.3, -0.25) is 4.79 Å². The number of carbonyl (C=O) groups excluding carboxylic acids is 1. The van der Waals surface area contributed by atoms with Gasteiger partial charge < -0.3 is 5.32 Å². The normalized spacial score (nSPS) is 19.9. The van der Waals surface area contributed by atoms with Gasteiger partial charge in [0.25, 0.3) is 10.2 Å². The fraction of sp³-hybridized carbons (Fsp3) is 0.462. The molecule has 21 heavy (non-hydrogen) atoms. The molecule has 1 aliphatic rings. The molecule has 0 aliphatic carbocycles. The maximum absolute atomic E-state index is 12.4. The number of rotatable bonds is 4. The summed E-state index contributed by atoms with van der Waals surface area (Å²) < 4.78 is 26.8. The molecule has 1 aromatic carbocycles. The number of nitrogens with zero attached hydrogens (tertiary/aromatic N) is 2. The summed E-state index contributed by atoms with van der Waals surface area (Å²) in [6, 6.07) is 6.75. The lowest BCUT2D eigenvalue weighted by Crippen LogP contribution is -2.48. The predicted octanol–water partition coefficient (Wildman–Crippen LogP) is 1.11. The molecule has 2 rings (SSSR count). The minimum absolute atomic E-state index is 0.295. The molecule has 8 heteroatoms. The Morgan fingerprint density at radius 1 is 1.43 bits per heavy atom. The quantitative estimate of drug-likeness (QED) is 0.898. The van der Waals surface area contributed by atoms with Gasteiger partial charge in [-0.15, -0.1) is 11.8 Å². The topological polar surface area (TPSA) is 69.7 Å². The maximum atomic E-state index is 12.4. The molecule has 1 atom stereocenters. The smallest absolute Gasteiger partial charge is 0.282 e. The summed E-state index contributed by atoms with van der Waals surface area (Å²) in [5, 5.41) is 2.79. The van der Waals surface area contributed by atoms with Crippen LogP contribution in [0.3, 0.4) is 0 Å². The van der Waals surface area contributed by atoms with Crippen LogP contribution in [0.4, 0.5) is 5.69 Å². The van der Waals surface area contributed by atoms with Crippen LogP contribution < -0.4 is 5.32 Å². The standard InChI is InChI=1S/C13H19N3O3S2/c1-10-5-4-6-11(7-10)14-13(17)12-8-20-9-16(12)21(18,19)15(2)3/h4-7,12H,8-9H2,1-3H3,(H,14,17). The Morgan fingerprint density at radius 3 is 2.76 bits per heavy atom. The van der Waals surface area contributed by atoms with E-state index in [4.69, 9.17) is 0 Å². The minimum Gasteiger partial charge on any atom is -0.325 e.